The predicted octanol–water partition coefficient (Wildman–Crippen LogP) is 1.56. The monoisotopic (exact) mass is 367 g/mol. The van der Waals surface area contributed by atoms with Crippen LogP contribution in [0.4, 0.5) is 0 Å². The van der Waals surface area contributed by atoms with Crippen molar-refractivity contribution in [1.82, 2.24) is 24.8 Å². The summed E-state index contributed by atoms with van der Waals surface area (Å²) < 4.78 is 2.17. The molecule has 7 nitrogen and oxygen atoms in total. The molecule has 142 valence electrons. The highest BCUT2D eigenvalue weighted by atomic mass is 16.2. The van der Waals surface area contributed by atoms with Crippen LogP contribution in [0.15, 0.2) is 36.9 Å². The molecule has 4 rings (SSSR count). The zero-order chi connectivity index (χ0) is 18.6. The Kier molecular flexibility index (Phi) is 5.18. The van der Waals surface area contributed by atoms with Gasteiger partial charge < -0.3 is 14.8 Å². The normalized spacial score (nSPS) is 21.1. The Balaban J connectivity index is 1.38. The molecule has 0 radical (unpaired) electrons. The quantitative estimate of drug-likeness (QED) is 0.832. The lowest BCUT2D eigenvalue weighted by Gasteiger charge is -2.34. The first-order chi connectivity index (χ1) is 13.2. The van der Waals surface area contributed by atoms with E-state index in [2.05, 4.69) is 25.9 Å². The summed E-state index contributed by atoms with van der Waals surface area (Å²) in [5, 5.41) is 2.81. The maximum Gasteiger partial charge on any atom is 0.235 e. The molecular formula is C20H25N5O2. The highest BCUT2D eigenvalue weighted by molar-refractivity contribution is 6.00. The summed E-state index contributed by atoms with van der Waals surface area (Å²) in [4.78, 5) is 35.3. The minimum Gasteiger partial charge on any atom is -0.355 e. The number of carbonyl (C=O) groups is 2. The first-order valence-corrected chi connectivity index (χ1v) is 9.69. The lowest BCUT2D eigenvalue weighted by molar-refractivity contribution is -0.144. The molecule has 2 saturated heterocycles. The average molecular weight is 367 g/mol. The van der Waals surface area contributed by atoms with Crippen molar-refractivity contribution >= 4 is 11.8 Å². The standard InChI is InChI=1S/C20H25N5O2/c26-19-17(4-2-8-23-19)20(27)24-10-5-16(6-11-24)18-22-9-12-25(18)14-15-3-1-7-21-13-15/h1,3,7,9,12-13,16-17H,2,4-6,8,10-11,14H2,(H,23,26)/t17-/m0/s1. The Morgan fingerprint density at radius 1 is 1.22 bits per heavy atom. The van der Waals surface area contributed by atoms with Crippen LogP contribution in [0.1, 0.15) is 43.0 Å². The lowest BCUT2D eigenvalue weighted by Crippen LogP contribution is -2.48. The first-order valence-electron chi connectivity index (χ1n) is 9.69. The minimum atomic E-state index is -0.497. The number of hydrogen-bond acceptors (Lipinski definition) is 4. The van der Waals surface area contributed by atoms with E-state index in [1.165, 1.54) is 0 Å². The first kappa shape index (κ1) is 17.7. The van der Waals surface area contributed by atoms with Crippen LogP contribution in [-0.4, -0.2) is 50.9 Å². The largest absolute Gasteiger partial charge is 0.355 e. The van der Waals surface area contributed by atoms with Crippen molar-refractivity contribution in [3.8, 4) is 0 Å². The van der Waals surface area contributed by atoms with Crippen molar-refractivity contribution in [3.05, 3.63) is 48.3 Å². The topological polar surface area (TPSA) is 80.1 Å². The summed E-state index contributed by atoms with van der Waals surface area (Å²) in [7, 11) is 0. The van der Waals surface area contributed by atoms with Crippen molar-refractivity contribution in [3.63, 3.8) is 0 Å². The zero-order valence-electron chi connectivity index (χ0n) is 15.4. The van der Waals surface area contributed by atoms with Crippen LogP contribution in [-0.2, 0) is 16.1 Å². The molecule has 0 spiro atoms. The Bertz CT molecular complexity index is 796. The van der Waals surface area contributed by atoms with Gasteiger partial charge in [-0.2, -0.15) is 0 Å². The smallest absolute Gasteiger partial charge is 0.235 e. The Labute approximate surface area is 158 Å². The van der Waals surface area contributed by atoms with E-state index in [0.717, 1.165) is 37.2 Å². The minimum absolute atomic E-state index is 0.00986. The molecule has 27 heavy (non-hydrogen) atoms. The molecule has 0 aliphatic carbocycles. The van der Waals surface area contributed by atoms with Gasteiger partial charge in [0.2, 0.25) is 11.8 Å². The maximum atomic E-state index is 12.7. The van der Waals surface area contributed by atoms with Gasteiger partial charge >= 0.3 is 0 Å². The van der Waals surface area contributed by atoms with Gasteiger partial charge in [-0.05, 0) is 37.3 Å². The maximum absolute atomic E-state index is 12.7. The molecule has 0 aromatic carbocycles. The number of aromatic nitrogens is 3. The molecule has 2 amide bonds. The highest BCUT2D eigenvalue weighted by Gasteiger charge is 2.34. The van der Waals surface area contributed by atoms with E-state index in [1.54, 1.807) is 6.20 Å². The molecular weight excluding hydrogens is 342 g/mol. The summed E-state index contributed by atoms with van der Waals surface area (Å²) in [6.45, 7) is 2.81. The average Bonchev–Trinajstić information content (AvgIpc) is 3.17. The van der Waals surface area contributed by atoms with Crippen molar-refractivity contribution in [1.29, 1.82) is 0 Å². The van der Waals surface area contributed by atoms with E-state index >= 15 is 0 Å². The van der Waals surface area contributed by atoms with E-state index in [0.29, 0.717) is 32.0 Å². The van der Waals surface area contributed by atoms with Crippen LogP contribution >= 0.6 is 0 Å². The third-order valence-electron chi connectivity index (χ3n) is 5.58. The van der Waals surface area contributed by atoms with Gasteiger partial charge in [0, 0.05) is 50.3 Å². The van der Waals surface area contributed by atoms with Gasteiger partial charge in [0.1, 0.15) is 11.7 Å². The second kappa shape index (κ2) is 7.90. The fourth-order valence-electron chi connectivity index (χ4n) is 4.09. The number of nitrogens with zero attached hydrogens (tertiary/aromatic N) is 4. The molecule has 1 N–H and O–H groups in total. The molecule has 4 heterocycles. The SMILES string of the molecule is O=C1NCCC[C@@H]1C(=O)N1CCC(c2nccn2Cc2cccnc2)CC1. The summed E-state index contributed by atoms with van der Waals surface area (Å²) in [6.07, 6.45) is 10.8. The molecule has 2 aromatic heterocycles. The van der Waals surface area contributed by atoms with Crippen molar-refractivity contribution < 1.29 is 9.59 Å². The Morgan fingerprint density at radius 3 is 2.81 bits per heavy atom. The summed E-state index contributed by atoms with van der Waals surface area (Å²) in [5.41, 5.74) is 1.15. The van der Waals surface area contributed by atoms with Crippen LogP contribution < -0.4 is 5.32 Å². The molecule has 2 aliphatic heterocycles. The summed E-state index contributed by atoms with van der Waals surface area (Å²) in [6, 6.07) is 4.00. The van der Waals surface area contributed by atoms with Gasteiger partial charge in [-0.1, -0.05) is 6.07 Å². The van der Waals surface area contributed by atoms with Gasteiger partial charge in [0.25, 0.3) is 0 Å². The predicted molar refractivity (Wildman–Crippen MR) is 99.9 cm³/mol. The molecule has 0 saturated carbocycles. The number of rotatable bonds is 4. The second-order valence-electron chi connectivity index (χ2n) is 7.36. The van der Waals surface area contributed by atoms with Gasteiger partial charge in [-0.15, -0.1) is 0 Å². The van der Waals surface area contributed by atoms with Gasteiger partial charge in [0.15, 0.2) is 0 Å². The highest BCUT2D eigenvalue weighted by Crippen LogP contribution is 2.28. The van der Waals surface area contributed by atoms with E-state index in [1.807, 2.05) is 29.6 Å². The molecule has 1 atom stereocenters. The molecule has 2 fully saturated rings. The van der Waals surface area contributed by atoms with Crippen LogP contribution in [0.25, 0.3) is 0 Å². The Hall–Kier alpha value is -2.70. The van der Waals surface area contributed by atoms with Crippen LogP contribution in [0.2, 0.25) is 0 Å². The van der Waals surface area contributed by atoms with E-state index in [4.69, 9.17) is 0 Å². The molecule has 2 aliphatic rings. The van der Waals surface area contributed by atoms with Crippen molar-refractivity contribution in [2.75, 3.05) is 19.6 Å². The number of likely N-dealkylation sites (tertiary alicyclic amines) is 1. The molecule has 2 aromatic rings. The van der Waals surface area contributed by atoms with Crippen molar-refractivity contribution in [2.45, 2.75) is 38.1 Å². The zero-order valence-corrected chi connectivity index (χ0v) is 15.4. The van der Waals surface area contributed by atoms with Gasteiger partial charge in [-0.25, -0.2) is 4.98 Å². The summed E-state index contributed by atoms with van der Waals surface area (Å²) >= 11 is 0. The molecule has 0 bridgehead atoms. The van der Waals surface area contributed by atoms with E-state index in [9.17, 15) is 9.59 Å². The number of piperidine rings is 2. The Morgan fingerprint density at radius 2 is 2.07 bits per heavy atom. The number of nitrogens with one attached hydrogen (secondary N) is 1. The number of hydrogen-bond donors (Lipinski definition) is 1. The lowest BCUT2D eigenvalue weighted by atomic mass is 9.92. The van der Waals surface area contributed by atoms with Crippen molar-refractivity contribution in [2.24, 2.45) is 5.92 Å². The second-order valence-corrected chi connectivity index (χ2v) is 7.36. The van der Waals surface area contributed by atoms with Crippen LogP contribution in [0.5, 0.6) is 0 Å². The van der Waals surface area contributed by atoms with E-state index < -0.39 is 5.92 Å². The van der Waals surface area contributed by atoms with Crippen LogP contribution in [0.3, 0.4) is 0 Å². The third-order valence-corrected chi connectivity index (χ3v) is 5.58. The number of imidazole rings is 1. The number of amides is 2. The fourth-order valence-corrected chi connectivity index (χ4v) is 4.09. The van der Waals surface area contributed by atoms with E-state index in [-0.39, 0.29) is 11.8 Å². The van der Waals surface area contributed by atoms with Gasteiger partial charge in [-0.3, -0.25) is 14.6 Å². The molecule has 0 unspecified atom stereocenters. The fraction of sp³-hybridized carbons (Fsp3) is 0.500. The van der Waals surface area contributed by atoms with Gasteiger partial charge in [0.05, 0.1) is 6.54 Å². The number of carbonyl (C=O) groups excluding carboxylic acids is 2. The third kappa shape index (κ3) is 3.86. The number of pyridine rings is 1. The molecule has 7 heteroatoms. The van der Waals surface area contributed by atoms with Crippen LogP contribution in [0, 0.1) is 5.92 Å². The summed E-state index contributed by atoms with van der Waals surface area (Å²) in [5.74, 6) is 0.787.